The molecule has 1 fully saturated rings. The van der Waals surface area contributed by atoms with E-state index in [9.17, 15) is 9.18 Å². The summed E-state index contributed by atoms with van der Waals surface area (Å²) in [7, 11) is 1.78. The van der Waals surface area contributed by atoms with E-state index >= 15 is 0 Å². The number of carbonyl (C=O) groups excluding carboxylic acids is 1. The van der Waals surface area contributed by atoms with Gasteiger partial charge in [-0.2, -0.15) is 5.10 Å². The van der Waals surface area contributed by atoms with Crippen LogP contribution in [-0.2, 0) is 7.05 Å². The fourth-order valence-corrected chi connectivity index (χ4v) is 2.67. The second-order valence-electron chi connectivity index (χ2n) is 5.43. The van der Waals surface area contributed by atoms with Crippen LogP contribution >= 0.6 is 0 Å². The van der Waals surface area contributed by atoms with Crippen LogP contribution in [-0.4, -0.2) is 52.9 Å². The Hall–Kier alpha value is -1.43. The number of aromatic nitrogens is 2. The molecular formula is C14H23FN4O. The van der Waals surface area contributed by atoms with Gasteiger partial charge in [0.25, 0.3) is 5.91 Å². The van der Waals surface area contributed by atoms with Gasteiger partial charge in [-0.1, -0.05) is 0 Å². The molecule has 1 aromatic heterocycles. The highest BCUT2D eigenvalue weighted by molar-refractivity contribution is 5.92. The van der Waals surface area contributed by atoms with Gasteiger partial charge in [-0.05, 0) is 32.3 Å². The SMILES string of the molecule is Cc1cc(C(=O)NC2CCN(CCCF)CC2)n(C)n1. The molecule has 1 aliphatic rings. The Labute approximate surface area is 119 Å². The second-order valence-corrected chi connectivity index (χ2v) is 5.43. The molecule has 0 bridgehead atoms. The first kappa shape index (κ1) is 15.0. The van der Waals surface area contributed by atoms with E-state index < -0.39 is 0 Å². The van der Waals surface area contributed by atoms with E-state index in [0.29, 0.717) is 12.1 Å². The van der Waals surface area contributed by atoms with Gasteiger partial charge in [0, 0.05) is 32.7 Å². The first-order valence-electron chi connectivity index (χ1n) is 7.20. The molecule has 1 saturated heterocycles. The first-order valence-corrected chi connectivity index (χ1v) is 7.20. The van der Waals surface area contributed by atoms with Gasteiger partial charge < -0.3 is 10.2 Å². The van der Waals surface area contributed by atoms with Crippen LogP contribution in [0.5, 0.6) is 0 Å². The monoisotopic (exact) mass is 282 g/mol. The van der Waals surface area contributed by atoms with Crippen LogP contribution < -0.4 is 5.32 Å². The summed E-state index contributed by atoms with van der Waals surface area (Å²) in [6.07, 6.45) is 2.45. The number of halogens is 1. The summed E-state index contributed by atoms with van der Waals surface area (Å²) in [6.45, 7) is 4.29. The van der Waals surface area contributed by atoms with Gasteiger partial charge in [-0.25, -0.2) is 0 Å². The van der Waals surface area contributed by atoms with Gasteiger partial charge in [0.05, 0.1) is 12.4 Å². The maximum absolute atomic E-state index is 12.2. The van der Waals surface area contributed by atoms with Crippen LogP contribution in [0.15, 0.2) is 6.07 Å². The van der Waals surface area contributed by atoms with E-state index in [2.05, 4.69) is 15.3 Å². The van der Waals surface area contributed by atoms with E-state index in [1.807, 2.05) is 6.92 Å². The number of nitrogens with one attached hydrogen (secondary N) is 1. The predicted molar refractivity (Wildman–Crippen MR) is 75.5 cm³/mol. The van der Waals surface area contributed by atoms with Gasteiger partial charge >= 0.3 is 0 Å². The van der Waals surface area contributed by atoms with Crippen molar-refractivity contribution in [1.29, 1.82) is 0 Å². The molecule has 0 aliphatic carbocycles. The molecule has 112 valence electrons. The molecule has 0 aromatic carbocycles. The van der Waals surface area contributed by atoms with Crippen LogP contribution in [0, 0.1) is 6.92 Å². The molecular weight excluding hydrogens is 259 g/mol. The average molecular weight is 282 g/mol. The van der Waals surface area contributed by atoms with Crippen molar-refractivity contribution in [2.45, 2.75) is 32.2 Å². The summed E-state index contributed by atoms with van der Waals surface area (Å²) in [4.78, 5) is 14.4. The Morgan fingerprint density at radius 3 is 2.75 bits per heavy atom. The topological polar surface area (TPSA) is 50.2 Å². The smallest absolute Gasteiger partial charge is 0.269 e. The normalized spacial score (nSPS) is 17.4. The van der Waals surface area contributed by atoms with Gasteiger partial charge in [-0.15, -0.1) is 0 Å². The third-order valence-corrected chi connectivity index (χ3v) is 3.77. The van der Waals surface area contributed by atoms with Crippen molar-refractivity contribution in [3.05, 3.63) is 17.5 Å². The zero-order valence-corrected chi connectivity index (χ0v) is 12.2. The van der Waals surface area contributed by atoms with Gasteiger partial charge in [-0.3, -0.25) is 13.9 Å². The third-order valence-electron chi connectivity index (χ3n) is 3.77. The highest BCUT2D eigenvalue weighted by Gasteiger charge is 2.22. The summed E-state index contributed by atoms with van der Waals surface area (Å²) in [6, 6.07) is 2.01. The summed E-state index contributed by atoms with van der Waals surface area (Å²) >= 11 is 0. The number of piperidine rings is 1. The predicted octanol–water partition coefficient (Wildman–Crippen LogP) is 1.28. The number of rotatable bonds is 5. The number of carbonyl (C=O) groups is 1. The molecule has 0 radical (unpaired) electrons. The van der Waals surface area contributed by atoms with Crippen molar-refractivity contribution < 1.29 is 9.18 Å². The van der Waals surface area contributed by atoms with Crippen molar-refractivity contribution in [3.8, 4) is 0 Å². The lowest BCUT2D eigenvalue weighted by Gasteiger charge is -2.32. The van der Waals surface area contributed by atoms with Crippen molar-refractivity contribution in [2.24, 2.45) is 7.05 Å². The summed E-state index contributed by atoms with van der Waals surface area (Å²) in [5, 5.41) is 7.25. The number of amides is 1. The standard InChI is InChI=1S/C14H23FN4O/c1-11-10-13(18(2)17-11)14(20)16-12-4-8-19(9-5-12)7-3-6-15/h10,12H,3-9H2,1-2H3,(H,16,20). The molecule has 0 atom stereocenters. The quantitative estimate of drug-likeness (QED) is 0.885. The summed E-state index contributed by atoms with van der Waals surface area (Å²) in [5.74, 6) is -0.0599. The molecule has 2 rings (SSSR count). The number of hydrogen-bond donors (Lipinski definition) is 1. The molecule has 2 heterocycles. The van der Waals surface area contributed by atoms with Crippen LogP contribution in [0.3, 0.4) is 0 Å². The van der Waals surface area contributed by atoms with E-state index in [-0.39, 0.29) is 18.6 Å². The molecule has 6 heteroatoms. The number of aryl methyl sites for hydroxylation is 2. The van der Waals surface area contributed by atoms with Gasteiger partial charge in [0.2, 0.25) is 0 Å². The lowest BCUT2D eigenvalue weighted by atomic mass is 10.0. The number of alkyl halides is 1. The Balaban J connectivity index is 1.80. The Kier molecular flexibility index (Phi) is 5.11. The second kappa shape index (κ2) is 6.83. The molecule has 0 unspecified atom stereocenters. The van der Waals surface area contributed by atoms with E-state index in [1.165, 1.54) is 0 Å². The molecule has 20 heavy (non-hydrogen) atoms. The molecule has 1 amide bonds. The van der Waals surface area contributed by atoms with Crippen LogP contribution in [0.2, 0.25) is 0 Å². The van der Waals surface area contributed by atoms with Crippen molar-refractivity contribution in [3.63, 3.8) is 0 Å². The lowest BCUT2D eigenvalue weighted by Crippen LogP contribution is -2.45. The highest BCUT2D eigenvalue weighted by Crippen LogP contribution is 2.12. The molecule has 1 aliphatic heterocycles. The molecule has 0 saturated carbocycles. The Bertz CT molecular complexity index is 452. The van der Waals surface area contributed by atoms with Gasteiger partial charge in [0.1, 0.15) is 5.69 Å². The molecule has 5 nitrogen and oxygen atoms in total. The van der Waals surface area contributed by atoms with E-state index in [1.54, 1.807) is 17.8 Å². The fraction of sp³-hybridized carbons (Fsp3) is 0.714. The third kappa shape index (κ3) is 3.79. The largest absolute Gasteiger partial charge is 0.348 e. The number of hydrogen-bond acceptors (Lipinski definition) is 3. The molecule has 0 spiro atoms. The Morgan fingerprint density at radius 1 is 1.50 bits per heavy atom. The number of likely N-dealkylation sites (tertiary alicyclic amines) is 1. The highest BCUT2D eigenvalue weighted by atomic mass is 19.1. The van der Waals surface area contributed by atoms with Crippen molar-refractivity contribution in [2.75, 3.05) is 26.3 Å². The van der Waals surface area contributed by atoms with E-state index in [0.717, 1.165) is 38.2 Å². The molecule has 1 N–H and O–H groups in total. The average Bonchev–Trinajstić information content (AvgIpc) is 2.77. The van der Waals surface area contributed by atoms with Crippen molar-refractivity contribution in [1.82, 2.24) is 20.0 Å². The zero-order chi connectivity index (χ0) is 14.5. The van der Waals surface area contributed by atoms with Crippen LogP contribution in [0.25, 0.3) is 0 Å². The van der Waals surface area contributed by atoms with Crippen LogP contribution in [0.4, 0.5) is 4.39 Å². The Morgan fingerprint density at radius 2 is 2.20 bits per heavy atom. The number of nitrogens with zero attached hydrogens (tertiary/aromatic N) is 3. The summed E-state index contributed by atoms with van der Waals surface area (Å²) < 4.78 is 13.7. The fourth-order valence-electron chi connectivity index (χ4n) is 2.67. The minimum Gasteiger partial charge on any atom is -0.348 e. The van der Waals surface area contributed by atoms with E-state index in [4.69, 9.17) is 0 Å². The molecule has 1 aromatic rings. The maximum Gasteiger partial charge on any atom is 0.269 e. The first-order chi connectivity index (χ1) is 9.60. The minimum atomic E-state index is -0.253. The minimum absolute atomic E-state index is 0.0599. The lowest BCUT2D eigenvalue weighted by molar-refractivity contribution is 0.0901. The summed E-state index contributed by atoms with van der Waals surface area (Å²) in [5.41, 5.74) is 1.45. The maximum atomic E-state index is 12.2. The van der Waals surface area contributed by atoms with Crippen molar-refractivity contribution >= 4 is 5.91 Å². The van der Waals surface area contributed by atoms with Crippen LogP contribution in [0.1, 0.15) is 35.4 Å². The van der Waals surface area contributed by atoms with Gasteiger partial charge in [0.15, 0.2) is 0 Å². The zero-order valence-electron chi connectivity index (χ0n) is 12.2.